The van der Waals surface area contributed by atoms with Crippen LogP contribution in [0.5, 0.6) is 23.0 Å². The summed E-state index contributed by atoms with van der Waals surface area (Å²) in [4.78, 5) is 18.5. The predicted octanol–water partition coefficient (Wildman–Crippen LogP) is 9.51. The summed E-state index contributed by atoms with van der Waals surface area (Å²) in [5, 5.41) is 26.5. The van der Waals surface area contributed by atoms with E-state index in [0.717, 1.165) is 71.3 Å². The maximum absolute atomic E-state index is 11.9. The number of fused-ring (bicyclic) bond motifs is 3. The summed E-state index contributed by atoms with van der Waals surface area (Å²) in [6.45, 7) is 4.59. The zero-order valence-electron chi connectivity index (χ0n) is 32.1. The van der Waals surface area contributed by atoms with Crippen LogP contribution in [0.2, 0.25) is 0 Å². The SMILES string of the molecule is C=CCO[C@@]12Oc3ccc(Oc4ccc(OC)c(C=O)c4)cc3[C@H]3[C@H](CCCCO)[C@@H](CCCCO)C=C(C(=NOC)C[C@@H]1Sc1ccc4ccccc4c1)[C@H]32. The van der Waals surface area contributed by atoms with Gasteiger partial charge in [0, 0.05) is 36.0 Å². The van der Waals surface area contributed by atoms with Crippen molar-refractivity contribution in [3.8, 4) is 23.0 Å². The largest absolute Gasteiger partial charge is 0.496 e. The lowest BCUT2D eigenvalue weighted by molar-refractivity contribution is -0.223. The molecular formula is C46H51NO8S. The molecule has 2 aliphatic carbocycles. The van der Waals surface area contributed by atoms with Crippen LogP contribution >= 0.6 is 11.8 Å². The van der Waals surface area contributed by atoms with Gasteiger partial charge in [-0.25, -0.2) is 0 Å². The van der Waals surface area contributed by atoms with Crippen LogP contribution in [-0.4, -0.2) is 67.3 Å². The Morgan fingerprint density at radius 2 is 1.70 bits per heavy atom. The lowest BCUT2D eigenvalue weighted by Gasteiger charge is -2.58. The molecule has 0 unspecified atom stereocenters. The first-order valence-electron chi connectivity index (χ1n) is 19.5. The average molecular weight is 778 g/mol. The molecule has 0 bridgehead atoms. The summed E-state index contributed by atoms with van der Waals surface area (Å²) in [5.41, 5.74) is 3.34. The lowest BCUT2D eigenvalue weighted by atomic mass is 9.56. The number of methoxy groups -OCH3 is 1. The molecule has 0 amide bonds. The molecule has 0 spiro atoms. The zero-order chi connectivity index (χ0) is 39.1. The molecule has 56 heavy (non-hydrogen) atoms. The van der Waals surface area contributed by atoms with E-state index in [-0.39, 0.29) is 48.7 Å². The van der Waals surface area contributed by atoms with Crippen LogP contribution in [0.1, 0.15) is 66.8 Å². The number of allylic oxidation sites excluding steroid dienone is 1. The normalized spacial score (nSPS) is 24.4. The highest BCUT2D eigenvalue weighted by atomic mass is 32.2. The maximum Gasteiger partial charge on any atom is 0.231 e. The number of rotatable bonds is 18. The second-order valence-corrected chi connectivity index (χ2v) is 16.0. The molecule has 3 aliphatic rings. The summed E-state index contributed by atoms with van der Waals surface area (Å²) >= 11 is 1.74. The predicted molar refractivity (Wildman–Crippen MR) is 220 cm³/mol. The Bertz CT molecular complexity index is 2080. The zero-order valence-corrected chi connectivity index (χ0v) is 32.9. The number of carbonyl (C=O) groups excluding carboxylic acids is 1. The van der Waals surface area contributed by atoms with Crippen molar-refractivity contribution in [2.75, 3.05) is 34.0 Å². The summed E-state index contributed by atoms with van der Waals surface area (Å²) in [6, 6.07) is 26.0. The van der Waals surface area contributed by atoms with Gasteiger partial charge < -0.3 is 34.0 Å². The fraction of sp³-hybridized carbons (Fsp3) is 0.391. The minimum Gasteiger partial charge on any atom is -0.496 e. The molecule has 4 aromatic carbocycles. The number of carbonyl (C=O) groups is 1. The van der Waals surface area contributed by atoms with E-state index in [9.17, 15) is 15.0 Å². The summed E-state index contributed by atoms with van der Waals surface area (Å²) < 4.78 is 26.2. The summed E-state index contributed by atoms with van der Waals surface area (Å²) in [6.07, 6.45) is 10.4. The van der Waals surface area contributed by atoms with Crippen LogP contribution in [0.15, 0.2) is 113 Å². The number of hydrogen-bond acceptors (Lipinski definition) is 10. The standard InChI is InChI=1S/C46H51NO8S/c1-4-23-53-46-43(56-36-18-15-30-11-5-6-12-31(30)25-36)28-40(47-52-3)38-26-32(13-7-9-21-48)37(14-8-10-22-49)44(45(38)46)39-27-35(17-20-42(39)55-46)54-34-16-19-41(51-2)33(24-34)29-50/h4-6,11-12,15-20,24-27,29,32,37,43-45,48-49H,1,7-10,13-14,21-23,28H2,2-3H3/t32-,37+,43-,44+,45+,46+/m0/s1. The number of ether oxygens (including phenoxy) is 4. The van der Waals surface area contributed by atoms with Crippen molar-refractivity contribution in [1.82, 2.24) is 0 Å². The molecule has 9 nitrogen and oxygen atoms in total. The third-order valence-electron chi connectivity index (χ3n) is 11.4. The van der Waals surface area contributed by atoms with Crippen LogP contribution in [0.3, 0.4) is 0 Å². The van der Waals surface area contributed by atoms with E-state index < -0.39 is 5.79 Å². The van der Waals surface area contributed by atoms with Gasteiger partial charge in [0.1, 0.15) is 30.1 Å². The van der Waals surface area contributed by atoms with E-state index in [2.05, 4.69) is 61.2 Å². The Balaban J connectivity index is 1.40. The number of hydrogen-bond donors (Lipinski definition) is 2. The number of oxime groups is 1. The van der Waals surface area contributed by atoms with Crippen molar-refractivity contribution in [3.05, 3.63) is 114 Å². The second kappa shape index (κ2) is 18.1. The Labute approximate surface area is 333 Å². The Morgan fingerprint density at radius 1 is 0.929 bits per heavy atom. The van der Waals surface area contributed by atoms with Crippen molar-refractivity contribution in [1.29, 1.82) is 0 Å². The number of benzene rings is 4. The van der Waals surface area contributed by atoms with E-state index in [0.29, 0.717) is 35.7 Å². The van der Waals surface area contributed by atoms with Gasteiger partial charge in [0.25, 0.3) is 0 Å². The summed E-state index contributed by atoms with van der Waals surface area (Å²) in [5.74, 6) is 1.16. The van der Waals surface area contributed by atoms with Crippen molar-refractivity contribution >= 4 is 34.5 Å². The van der Waals surface area contributed by atoms with Crippen LogP contribution in [0.4, 0.5) is 0 Å². The van der Waals surface area contributed by atoms with Crippen molar-refractivity contribution in [3.63, 3.8) is 0 Å². The molecule has 1 aliphatic heterocycles. The van der Waals surface area contributed by atoms with Crippen molar-refractivity contribution in [2.45, 2.75) is 66.8 Å². The van der Waals surface area contributed by atoms with Gasteiger partial charge in [-0.3, -0.25) is 4.79 Å². The number of thioether (sulfide) groups is 1. The average Bonchev–Trinajstić information content (AvgIpc) is 3.22. The summed E-state index contributed by atoms with van der Waals surface area (Å²) in [7, 11) is 3.13. The first-order chi connectivity index (χ1) is 27.5. The van der Waals surface area contributed by atoms with Gasteiger partial charge in [0.2, 0.25) is 5.79 Å². The maximum atomic E-state index is 11.9. The quantitative estimate of drug-likeness (QED) is 0.0441. The third-order valence-corrected chi connectivity index (χ3v) is 12.7. The van der Waals surface area contributed by atoms with Gasteiger partial charge in [0.15, 0.2) is 6.29 Å². The van der Waals surface area contributed by atoms with Gasteiger partial charge in [-0.05, 0) is 102 Å². The molecular weight excluding hydrogens is 727 g/mol. The molecule has 0 saturated heterocycles. The molecule has 1 fully saturated rings. The molecule has 294 valence electrons. The topological polar surface area (TPSA) is 116 Å². The molecule has 0 radical (unpaired) electrons. The van der Waals surface area contributed by atoms with Gasteiger partial charge >= 0.3 is 0 Å². The molecule has 6 atom stereocenters. The first kappa shape index (κ1) is 39.6. The van der Waals surface area contributed by atoms with Crippen LogP contribution in [0.25, 0.3) is 10.8 Å². The van der Waals surface area contributed by atoms with Crippen molar-refractivity contribution < 1.29 is 38.8 Å². The minimum absolute atomic E-state index is 0.0894. The van der Waals surface area contributed by atoms with E-state index in [1.165, 1.54) is 12.5 Å². The number of aliphatic hydroxyl groups is 2. The van der Waals surface area contributed by atoms with E-state index >= 15 is 0 Å². The highest BCUT2D eigenvalue weighted by Crippen LogP contribution is 2.63. The minimum atomic E-state index is -1.11. The Kier molecular flexibility index (Phi) is 12.8. The van der Waals surface area contributed by atoms with Gasteiger partial charge in [-0.1, -0.05) is 60.5 Å². The Morgan fingerprint density at radius 3 is 2.45 bits per heavy atom. The van der Waals surface area contributed by atoms with Crippen LogP contribution in [-0.2, 0) is 9.57 Å². The Hall–Kier alpha value is -4.61. The smallest absolute Gasteiger partial charge is 0.231 e. The van der Waals surface area contributed by atoms with Crippen LogP contribution in [0, 0.1) is 17.8 Å². The molecule has 0 aromatic heterocycles. The molecule has 4 aromatic rings. The van der Waals surface area contributed by atoms with Gasteiger partial charge in [0.05, 0.1) is 36.2 Å². The highest BCUT2D eigenvalue weighted by Gasteiger charge is 2.64. The second-order valence-electron chi connectivity index (χ2n) is 14.7. The van der Waals surface area contributed by atoms with E-state index in [1.807, 2.05) is 12.1 Å². The number of unbranched alkanes of at least 4 members (excludes halogenated alkanes) is 2. The number of nitrogens with zero attached hydrogens (tertiary/aromatic N) is 1. The highest BCUT2D eigenvalue weighted by molar-refractivity contribution is 8.00. The van der Waals surface area contributed by atoms with Crippen LogP contribution < -0.4 is 14.2 Å². The molecule has 10 heteroatoms. The molecule has 7 rings (SSSR count). The lowest BCUT2D eigenvalue weighted by Crippen LogP contribution is -2.64. The monoisotopic (exact) mass is 777 g/mol. The molecule has 1 heterocycles. The molecule has 1 saturated carbocycles. The number of aldehydes is 1. The molecule has 2 N–H and O–H groups in total. The fourth-order valence-corrected chi connectivity index (χ4v) is 10.3. The van der Waals surface area contributed by atoms with E-state index in [4.69, 9.17) is 28.9 Å². The van der Waals surface area contributed by atoms with E-state index in [1.54, 1.807) is 43.1 Å². The fourth-order valence-electron chi connectivity index (χ4n) is 9.01. The number of aliphatic hydroxyl groups excluding tert-OH is 2. The van der Waals surface area contributed by atoms with Gasteiger partial charge in [-0.2, -0.15) is 0 Å². The van der Waals surface area contributed by atoms with Crippen molar-refractivity contribution in [2.24, 2.45) is 22.9 Å². The third kappa shape index (κ3) is 7.98. The first-order valence-corrected chi connectivity index (χ1v) is 20.4. The van der Waals surface area contributed by atoms with Gasteiger partial charge in [-0.15, -0.1) is 18.3 Å².